The van der Waals surface area contributed by atoms with Gasteiger partial charge in [0.25, 0.3) is 0 Å². The van der Waals surface area contributed by atoms with Gasteiger partial charge in [-0.3, -0.25) is 4.98 Å². The zero-order valence-corrected chi connectivity index (χ0v) is 15.0. The molecule has 1 aromatic heterocycles. The highest BCUT2D eigenvalue weighted by atomic mass is 16.4. The minimum absolute atomic E-state index is 0.0182. The van der Waals surface area contributed by atoms with Crippen LogP contribution in [0.3, 0.4) is 0 Å². The smallest absolute Gasteiger partial charge is 0.337 e. The molecule has 1 heterocycles. The van der Waals surface area contributed by atoms with Gasteiger partial charge < -0.3 is 10.4 Å². The lowest BCUT2D eigenvalue weighted by Crippen LogP contribution is -2.16. The first-order valence-electron chi connectivity index (χ1n) is 9.29. The van der Waals surface area contributed by atoms with Crippen molar-refractivity contribution in [3.8, 4) is 0 Å². The van der Waals surface area contributed by atoms with Gasteiger partial charge in [-0.05, 0) is 47.9 Å². The molecule has 136 valence electrons. The minimum atomic E-state index is -0.946. The molecule has 0 saturated heterocycles. The van der Waals surface area contributed by atoms with Crippen molar-refractivity contribution >= 4 is 11.7 Å². The summed E-state index contributed by atoms with van der Waals surface area (Å²) in [4.78, 5) is 15.7. The van der Waals surface area contributed by atoms with E-state index < -0.39 is 5.97 Å². The Morgan fingerprint density at radius 1 is 1.11 bits per heavy atom. The van der Waals surface area contributed by atoms with Crippen molar-refractivity contribution in [3.63, 3.8) is 0 Å². The number of hydrogen-bond donors (Lipinski definition) is 2. The lowest BCUT2D eigenvalue weighted by atomic mass is 9.90. The molecular weight excluding hydrogens is 336 g/mol. The normalized spacial score (nSPS) is 16.5. The van der Waals surface area contributed by atoms with Crippen LogP contribution in [0.1, 0.15) is 51.8 Å². The molecule has 1 aliphatic carbocycles. The van der Waals surface area contributed by atoms with E-state index in [2.05, 4.69) is 46.7 Å². The Kier molecular flexibility index (Phi) is 4.88. The monoisotopic (exact) mass is 358 g/mol. The van der Waals surface area contributed by atoms with Crippen molar-refractivity contribution < 1.29 is 9.90 Å². The van der Waals surface area contributed by atoms with E-state index in [-0.39, 0.29) is 11.6 Å². The lowest BCUT2D eigenvalue weighted by Gasteiger charge is -2.25. The number of benzene rings is 2. The van der Waals surface area contributed by atoms with Gasteiger partial charge in [-0.25, -0.2) is 4.79 Å². The second kappa shape index (κ2) is 7.62. The second-order valence-electron chi connectivity index (χ2n) is 7.00. The highest BCUT2D eigenvalue weighted by Gasteiger charge is 2.26. The molecule has 2 aromatic carbocycles. The topological polar surface area (TPSA) is 62.2 Å². The molecule has 0 radical (unpaired) electrons. The number of fused-ring (bicyclic) bond motifs is 1. The molecule has 0 bridgehead atoms. The summed E-state index contributed by atoms with van der Waals surface area (Å²) >= 11 is 0. The van der Waals surface area contributed by atoms with Gasteiger partial charge in [0.15, 0.2) is 0 Å². The fraction of sp³-hybridized carbons (Fsp3) is 0.217. The molecule has 2 atom stereocenters. The molecule has 0 aliphatic heterocycles. The Balaban J connectivity index is 1.64. The molecule has 0 spiro atoms. The van der Waals surface area contributed by atoms with E-state index in [1.54, 1.807) is 6.20 Å². The number of aryl methyl sites for hydroxylation is 1. The Labute approximate surface area is 158 Å². The highest BCUT2D eigenvalue weighted by Crippen LogP contribution is 2.40. The molecule has 2 unspecified atom stereocenters. The van der Waals surface area contributed by atoms with Crippen LogP contribution in [0.4, 0.5) is 5.69 Å². The third-order valence-corrected chi connectivity index (χ3v) is 5.36. The number of aromatic nitrogens is 1. The minimum Gasteiger partial charge on any atom is -0.478 e. The van der Waals surface area contributed by atoms with Gasteiger partial charge in [0.2, 0.25) is 0 Å². The summed E-state index contributed by atoms with van der Waals surface area (Å²) in [6.07, 6.45) is 6.26. The Bertz CT molecular complexity index is 940. The van der Waals surface area contributed by atoms with Crippen LogP contribution < -0.4 is 5.32 Å². The van der Waals surface area contributed by atoms with Gasteiger partial charge in [0, 0.05) is 6.20 Å². The third-order valence-electron chi connectivity index (χ3n) is 5.36. The lowest BCUT2D eigenvalue weighted by molar-refractivity contribution is 0.0697. The van der Waals surface area contributed by atoms with Crippen molar-refractivity contribution in [1.29, 1.82) is 0 Å². The molecule has 2 N–H and O–H groups in total. The molecule has 0 amide bonds. The van der Waals surface area contributed by atoms with Crippen LogP contribution in [0.15, 0.2) is 73.1 Å². The van der Waals surface area contributed by atoms with Crippen LogP contribution in [-0.4, -0.2) is 16.1 Å². The van der Waals surface area contributed by atoms with Gasteiger partial charge >= 0.3 is 5.97 Å². The van der Waals surface area contributed by atoms with Crippen LogP contribution in [-0.2, 0) is 6.42 Å². The number of carboxylic acids is 1. The van der Waals surface area contributed by atoms with Crippen molar-refractivity contribution in [2.45, 2.75) is 31.2 Å². The van der Waals surface area contributed by atoms with E-state index in [4.69, 9.17) is 0 Å². The Morgan fingerprint density at radius 3 is 2.70 bits per heavy atom. The number of carboxylic acid groups (broad SMARTS) is 1. The van der Waals surface area contributed by atoms with E-state index in [0.29, 0.717) is 11.6 Å². The zero-order valence-electron chi connectivity index (χ0n) is 15.0. The van der Waals surface area contributed by atoms with Crippen LogP contribution >= 0.6 is 0 Å². The fourth-order valence-electron chi connectivity index (χ4n) is 4.02. The number of nitrogens with one attached hydrogen (secondary N) is 1. The summed E-state index contributed by atoms with van der Waals surface area (Å²) in [6.45, 7) is 0. The number of nitrogens with zero attached hydrogens (tertiary/aromatic N) is 1. The van der Waals surface area contributed by atoms with Gasteiger partial charge in [-0.2, -0.15) is 0 Å². The number of hydrogen-bond acceptors (Lipinski definition) is 3. The quantitative estimate of drug-likeness (QED) is 0.647. The molecule has 4 heteroatoms. The van der Waals surface area contributed by atoms with Crippen LogP contribution in [0.25, 0.3) is 0 Å². The summed E-state index contributed by atoms with van der Waals surface area (Å²) < 4.78 is 0. The van der Waals surface area contributed by atoms with E-state index in [1.165, 1.54) is 23.4 Å². The molecule has 4 nitrogen and oxygen atoms in total. The number of aromatic carboxylic acids is 1. The van der Waals surface area contributed by atoms with Crippen molar-refractivity contribution in [1.82, 2.24) is 4.98 Å². The summed E-state index contributed by atoms with van der Waals surface area (Å²) in [7, 11) is 0. The maximum absolute atomic E-state index is 11.6. The second-order valence-corrected chi connectivity index (χ2v) is 7.00. The SMILES string of the molecule is O=C(O)c1ccncc1NC(CC1CCc2ccccc21)c1ccccc1. The predicted molar refractivity (Wildman–Crippen MR) is 106 cm³/mol. The molecule has 1 aliphatic rings. The third kappa shape index (κ3) is 3.70. The fourth-order valence-corrected chi connectivity index (χ4v) is 4.02. The molecule has 0 saturated carbocycles. The molecule has 3 aromatic rings. The molecule has 27 heavy (non-hydrogen) atoms. The van der Waals surface area contributed by atoms with Crippen LogP contribution in [0.5, 0.6) is 0 Å². The first-order valence-corrected chi connectivity index (χ1v) is 9.29. The first-order chi connectivity index (χ1) is 13.2. The van der Waals surface area contributed by atoms with Crippen molar-refractivity contribution in [3.05, 3.63) is 95.3 Å². The standard InChI is InChI=1S/C23H22N2O2/c26-23(27)20-12-13-24-15-22(20)25-21(17-7-2-1-3-8-17)14-18-11-10-16-6-4-5-9-19(16)18/h1-9,12-13,15,18,21,25H,10-11,14H2,(H,26,27). The maximum Gasteiger partial charge on any atom is 0.337 e. The largest absolute Gasteiger partial charge is 0.478 e. The molecular formula is C23H22N2O2. The van der Waals surface area contributed by atoms with E-state index in [1.807, 2.05) is 18.2 Å². The van der Waals surface area contributed by atoms with E-state index >= 15 is 0 Å². The number of carbonyl (C=O) groups is 1. The zero-order chi connectivity index (χ0) is 18.6. The van der Waals surface area contributed by atoms with Gasteiger partial charge in [0.1, 0.15) is 0 Å². The number of pyridine rings is 1. The highest BCUT2D eigenvalue weighted by molar-refractivity contribution is 5.93. The summed E-state index contributed by atoms with van der Waals surface area (Å²) in [5, 5.41) is 13.0. The van der Waals surface area contributed by atoms with E-state index in [9.17, 15) is 9.90 Å². The van der Waals surface area contributed by atoms with E-state index in [0.717, 1.165) is 24.8 Å². The molecule has 0 fully saturated rings. The number of anilines is 1. The first kappa shape index (κ1) is 17.3. The van der Waals surface area contributed by atoms with Gasteiger partial charge in [-0.1, -0.05) is 54.6 Å². The Hall–Kier alpha value is -3.14. The summed E-state index contributed by atoms with van der Waals surface area (Å²) in [5.74, 6) is -0.484. The van der Waals surface area contributed by atoms with Gasteiger partial charge in [-0.15, -0.1) is 0 Å². The number of rotatable bonds is 6. The molecule has 4 rings (SSSR count). The van der Waals surface area contributed by atoms with Crippen molar-refractivity contribution in [2.24, 2.45) is 0 Å². The maximum atomic E-state index is 11.6. The summed E-state index contributed by atoms with van der Waals surface area (Å²) in [6, 6.07) is 20.4. The van der Waals surface area contributed by atoms with Crippen LogP contribution in [0.2, 0.25) is 0 Å². The van der Waals surface area contributed by atoms with Crippen LogP contribution in [0, 0.1) is 0 Å². The summed E-state index contributed by atoms with van der Waals surface area (Å²) in [5.41, 5.74) is 4.82. The average molecular weight is 358 g/mol. The van der Waals surface area contributed by atoms with Gasteiger partial charge in [0.05, 0.1) is 23.5 Å². The Morgan fingerprint density at radius 2 is 1.89 bits per heavy atom. The predicted octanol–water partition coefficient (Wildman–Crippen LogP) is 5.05. The average Bonchev–Trinajstić information content (AvgIpc) is 3.11. The van der Waals surface area contributed by atoms with Crippen molar-refractivity contribution in [2.75, 3.05) is 5.32 Å².